The van der Waals surface area contributed by atoms with Crippen molar-refractivity contribution in [2.45, 2.75) is 52.0 Å². The topological polar surface area (TPSA) is 141 Å². The van der Waals surface area contributed by atoms with Crippen LogP contribution in [0.25, 0.3) is 22.2 Å². The molecule has 13 nitrogen and oxygen atoms in total. The number of rotatable bonds is 11. The number of carbonyl (C=O) groups is 1. The number of hydrogen-bond donors (Lipinski definition) is 5. The average molecular weight is 619 g/mol. The fraction of sp³-hybridized carbons (Fsp3) is 0.500. The molecule has 0 spiro atoms. The number of nitrogens with one attached hydrogen (secondary N) is 5. The molecule has 1 unspecified atom stereocenters. The normalized spacial score (nSPS) is 17.1. The molecule has 5 N–H and O–H groups in total. The lowest BCUT2D eigenvalue weighted by Gasteiger charge is -2.31. The van der Waals surface area contributed by atoms with Crippen LogP contribution in [0.3, 0.4) is 0 Å². The van der Waals surface area contributed by atoms with E-state index in [2.05, 4.69) is 60.0 Å². The smallest absolute Gasteiger partial charge is 0.320 e. The summed E-state index contributed by atoms with van der Waals surface area (Å²) in [5.41, 5.74) is 9.22. The molecule has 0 radical (unpaired) electrons. The number of aromatic nitrogens is 3. The number of hydrogen-bond acceptors (Lipinski definition) is 11. The third-order valence-corrected chi connectivity index (χ3v) is 7.71. The summed E-state index contributed by atoms with van der Waals surface area (Å²) in [6.45, 7) is 9.78. The molecular formula is C32H46N10O3. The number of benzene rings is 1. The first-order valence-corrected chi connectivity index (χ1v) is 15.5. The first-order valence-electron chi connectivity index (χ1n) is 15.5. The van der Waals surface area contributed by atoms with Crippen molar-refractivity contribution in [2.24, 2.45) is 5.92 Å². The van der Waals surface area contributed by atoms with E-state index in [1.165, 1.54) is 19.4 Å². The first kappa shape index (κ1) is 32.0. The van der Waals surface area contributed by atoms with Crippen LogP contribution in [0.1, 0.15) is 46.5 Å². The highest BCUT2D eigenvalue weighted by Gasteiger charge is 2.22. The molecule has 0 bridgehead atoms. The minimum atomic E-state index is -0.426. The zero-order valence-corrected chi connectivity index (χ0v) is 27.2. The molecule has 13 heteroatoms. The standard InChI is InChI=1S/C32H46N10O3/c1-32(2,3)38-31(43)37-29-27(22-13-25(44-5)16-26(14-22)45-6)15-23-17-34-30(36-28(23)35-29)33-11-7-10-24-20-42(40-39-24)19-21-9-8-12-41(4)18-21/h13-17,20-21,39-40H,7-12,18-19H2,1-6H3,(H3,33,34,35,36,37,38,43). The maximum atomic E-state index is 12.9. The molecule has 2 aliphatic rings. The Labute approximate surface area is 265 Å². The van der Waals surface area contributed by atoms with Crippen LogP contribution < -0.4 is 36.4 Å². The van der Waals surface area contributed by atoms with Gasteiger partial charge in [0, 0.05) is 60.3 Å². The van der Waals surface area contributed by atoms with Gasteiger partial charge >= 0.3 is 6.03 Å². The van der Waals surface area contributed by atoms with E-state index in [1.807, 2.05) is 39.0 Å². The van der Waals surface area contributed by atoms with Gasteiger partial charge in [0.15, 0.2) is 5.65 Å². The zero-order valence-electron chi connectivity index (χ0n) is 27.2. The number of likely N-dealkylation sites (tertiary alicyclic amines) is 1. The number of urea groups is 1. The number of methoxy groups -OCH3 is 2. The Morgan fingerprint density at radius 2 is 1.89 bits per heavy atom. The Morgan fingerprint density at radius 3 is 2.60 bits per heavy atom. The first-order chi connectivity index (χ1) is 21.6. The van der Waals surface area contributed by atoms with Gasteiger partial charge in [0.2, 0.25) is 5.95 Å². The number of amides is 2. The number of pyridine rings is 1. The summed E-state index contributed by atoms with van der Waals surface area (Å²) in [4.78, 5) is 29.3. The number of nitrogens with zero attached hydrogens (tertiary/aromatic N) is 5. The van der Waals surface area contributed by atoms with E-state index in [9.17, 15) is 4.79 Å². The molecule has 0 aliphatic carbocycles. The number of allylic oxidation sites excluding steroid dienone is 1. The molecular weight excluding hydrogens is 572 g/mol. The Balaban J connectivity index is 1.27. The van der Waals surface area contributed by atoms with E-state index in [-0.39, 0.29) is 6.03 Å². The van der Waals surface area contributed by atoms with Gasteiger partial charge in [-0.05, 0) is 89.7 Å². The van der Waals surface area contributed by atoms with E-state index in [0.717, 1.165) is 42.6 Å². The fourth-order valence-electron chi connectivity index (χ4n) is 5.61. The summed E-state index contributed by atoms with van der Waals surface area (Å²) >= 11 is 0. The van der Waals surface area contributed by atoms with Crippen LogP contribution in [0.15, 0.2) is 42.4 Å². The van der Waals surface area contributed by atoms with E-state index in [1.54, 1.807) is 26.5 Å². The molecule has 0 saturated carbocycles. The minimum Gasteiger partial charge on any atom is -0.497 e. The summed E-state index contributed by atoms with van der Waals surface area (Å²) in [6, 6.07) is 7.07. The molecule has 45 heavy (non-hydrogen) atoms. The van der Waals surface area contributed by atoms with E-state index in [0.29, 0.717) is 46.9 Å². The average Bonchev–Trinajstić information content (AvgIpc) is 3.44. The van der Waals surface area contributed by atoms with E-state index in [4.69, 9.17) is 14.5 Å². The van der Waals surface area contributed by atoms with Crippen molar-refractivity contribution in [3.8, 4) is 22.6 Å². The lowest BCUT2D eigenvalue weighted by molar-refractivity contribution is 0.152. The highest BCUT2D eigenvalue weighted by molar-refractivity contribution is 5.96. The maximum absolute atomic E-state index is 12.9. The largest absolute Gasteiger partial charge is 0.497 e. The number of fused-ring (bicyclic) bond motifs is 1. The molecule has 3 aromatic rings. The van der Waals surface area contributed by atoms with Gasteiger partial charge < -0.3 is 30.4 Å². The van der Waals surface area contributed by atoms with Crippen molar-refractivity contribution in [3.63, 3.8) is 0 Å². The Kier molecular flexibility index (Phi) is 10.1. The molecule has 1 atom stereocenters. The quantitative estimate of drug-likeness (QED) is 0.196. The predicted molar refractivity (Wildman–Crippen MR) is 177 cm³/mol. The zero-order chi connectivity index (χ0) is 32.0. The number of carbonyl (C=O) groups excluding carboxylic acids is 1. The molecule has 2 amide bonds. The number of hydrazine groups is 2. The number of anilines is 2. The van der Waals surface area contributed by atoms with E-state index >= 15 is 0 Å². The molecule has 242 valence electrons. The second kappa shape index (κ2) is 14.2. The molecule has 5 rings (SSSR count). The SMILES string of the molecule is COc1cc(OC)cc(-c2cc3cnc(NCCCC4=CN(CC5CCCN(C)C5)NN4)nc3nc2NC(=O)NC(C)(C)C)c1. The lowest BCUT2D eigenvalue weighted by Crippen LogP contribution is -2.43. The van der Waals surface area contributed by atoms with Gasteiger partial charge in [0.1, 0.15) is 17.3 Å². The second-order valence-corrected chi connectivity index (χ2v) is 12.8. The Morgan fingerprint density at radius 1 is 1.11 bits per heavy atom. The summed E-state index contributed by atoms with van der Waals surface area (Å²) in [5, 5.41) is 12.1. The van der Waals surface area contributed by atoms with E-state index < -0.39 is 5.54 Å². The lowest BCUT2D eigenvalue weighted by atomic mass is 9.98. The van der Waals surface area contributed by atoms with Crippen molar-refractivity contribution in [1.82, 2.24) is 41.1 Å². The molecule has 4 heterocycles. The van der Waals surface area contributed by atoms with Gasteiger partial charge in [-0.2, -0.15) is 4.98 Å². The molecule has 2 aromatic heterocycles. The van der Waals surface area contributed by atoms with Crippen LogP contribution in [0.5, 0.6) is 11.5 Å². The molecule has 1 fully saturated rings. The number of ether oxygens (including phenoxy) is 2. The van der Waals surface area contributed by atoms with Crippen molar-refractivity contribution < 1.29 is 14.3 Å². The van der Waals surface area contributed by atoms with Gasteiger partial charge in [-0.3, -0.25) is 10.3 Å². The van der Waals surface area contributed by atoms with Crippen LogP contribution in [0.2, 0.25) is 0 Å². The third-order valence-electron chi connectivity index (χ3n) is 7.71. The van der Waals surface area contributed by atoms with Crippen molar-refractivity contribution >= 4 is 28.8 Å². The molecule has 1 saturated heterocycles. The van der Waals surface area contributed by atoms with Gasteiger partial charge in [-0.25, -0.2) is 14.8 Å². The van der Waals surface area contributed by atoms with Gasteiger partial charge in [-0.15, -0.1) is 5.53 Å². The van der Waals surface area contributed by atoms with Gasteiger partial charge in [0.05, 0.1) is 14.2 Å². The Bertz CT molecular complexity index is 1500. The monoisotopic (exact) mass is 618 g/mol. The van der Waals surface area contributed by atoms with Crippen molar-refractivity contribution in [3.05, 3.63) is 42.4 Å². The third kappa shape index (κ3) is 8.85. The summed E-state index contributed by atoms with van der Waals surface area (Å²) < 4.78 is 11.0. The van der Waals surface area contributed by atoms with Crippen molar-refractivity contribution in [2.75, 3.05) is 58.1 Å². The second-order valence-electron chi connectivity index (χ2n) is 12.8. The van der Waals surface area contributed by atoms with Crippen LogP contribution in [0, 0.1) is 5.92 Å². The van der Waals surface area contributed by atoms with Crippen molar-refractivity contribution in [1.29, 1.82) is 0 Å². The predicted octanol–water partition coefficient (Wildman–Crippen LogP) is 4.33. The fourth-order valence-corrected chi connectivity index (χ4v) is 5.61. The van der Waals surface area contributed by atoms with Crippen LogP contribution >= 0.6 is 0 Å². The van der Waals surface area contributed by atoms with Crippen LogP contribution in [-0.2, 0) is 0 Å². The van der Waals surface area contributed by atoms with Crippen LogP contribution in [-0.4, -0.2) is 83.9 Å². The van der Waals surface area contributed by atoms with Crippen LogP contribution in [0.4, 0.5) is 16.6 Å². The van der Waals surface area contributed by atoms with Gasteiger partial charge in [-0.1, -0.05) is 0 Å². The molecule has 1 aromatic carbocycles. The Hall–Kier alpha value is -4.36. The number of piperidine rings is 1. The molecule has 2 aliphatic heterocycles. The summed E-state index contributed by atoms with van der Waals surface area (Å²) in [7, 11) is 5.39. The maximum Gasteiger partial charge on any atom is 0.320 e. The summed E-state index contributed by atoms with van der Waals surface area (Å²) in [6.07, 6.45) is 8.23. The highest BCUT2D eigenvalue weighted by Crippen LogP contribution is 2.35. The summed E-state index contributed by atoms with van der Waals surface area (Å²) in [5.74, 6) is 2.75. The highest BCUT2D eigenvalue weighted by atomic mass is 16.5. The minimum absolute atomic E-state index is 0.361. The van der Waals surface area contributed by atoms with Gasteiger partial charge in [0.25, 0.3) is 0 Å².